The van der Waals surface area contributed by atoms with Crippen molar-refractivity contribution in [1.82, 2.24) is 0 Å². The van der Waals surface area contributed by atoms with Crippen LogP contribution in [0.3, 0.4) is 0 Å². The van der Waals surface area contributed by atoms with Crippen LogP contribution >= 0.6 is 0 Å². The average molecular weight is 161 g/mol. The van der Waals surface area contributed by atoms with E-state index in [0.717, 1.165) is 5.56 Å². The Morgan fingerprint density at radius 2 is 2.08 bits per heavy atom. The Morgan fingerprint density at radius 3 is 2.58 bits per heavy atom. The standard InChI is InChI=1S/C10H11NO/c1-12-8-10(7-11)9-5-3-2-4-6-9/h2-6,10H,8H2,1H3. The Labute approximate surface area is 72.4 Å². The largest absolute Gasteiger partial charge is 0.383 e. The van der Waals surface area contributed by atoms with E-state index in [4.69, 9.17) is 10.00 Å². The van der Waals surface area contributed by atoms with E-state index in [9.17, 15) is 0 Å². The number of nitrogens with zero attached hydrogens (tertiary/aromatic N) is 1. The van der Waals surface area contributed by atoms with E-state index < -0.39 is 0 Å². The third kappa shape index (κ3) is 2.08. The van der Waals surface area contributed by atoms with Crippen molar-refractivity contribution in [3.05, 3.63) is 35.9 Å². The summed E-state index contributed by atoms with van der Waals surface area (Å²) in [6.45, 7) is 0.459. The van der Waals surface area contributed by atoms with Crippen molar-refractivity contribution in [3.8, 4) is 6.07 Å². The molecule has 0 saturated carbocycles. The average Bonchev–Trinajstić information content (AvgIpc) is 2.15. The van der Waals surface area contributed by atoms with Crippen LogP contribution in [0.2, 0.25) is 0 Å². The Bertz CT molecular complexity index is 263. The molecule has 1 atom stereocenters. The van der Waals surface area contributed by atoms with Gasteiger partial charge in [-0.2, -0.15) is 5.26 Å². The molecule has 62 valence electrons. The molecule has 0 N–H and O–H groups in total. The molecule has 0 aliphatic carbocycles. The smallest absolute Gasteiger partial charge is 0.0946 e. The molecule has 0 saturated heterocycles. The van der Waals surface area contributed by atoms with Crippen LogP contribution in [0, 0.1) is 11.3 Å². The number of benzene rings is 1. The van der Waals surface area contributed by atoms with Crippen molar-refractivity contribution in [2.24, 2.45) is 0 Å². The molecule has 0 heterocycles. The van der Waals surface area contributed by atoms with Crippen molar-refractivity contribution in [2.75, 3.05) is 13.7 Å². The van der Waals surface area contributed by atoms with Gasteiger partial charge in [0.1, 0.15) is 0 Å². The number of hydrogen-bond acceptors (Lipinski definition) is 2. The van der Waals surface area contributed by atoms with Gasteiger partial charge in [-0.05, 0) is 5.56 Å². The lowest BCUT2D eigenvalue weighted by atomic mass is 10.0. The summed E-state index contributed by atoms with van der Waals surface area (Å²) < 4.78 is 4.93. The van der Waals surface area contributed by atoms with Gasteiger partial charge >= 0.3 is 0 Å². The van der Waals surface area contributed by atoms with Crippen molar-refractivity contribution in [2.45, 2.75) is 5.92 Å². The number of ether oxygens (including phenoxy) is 1. The molecule has 0 fully saturated rings. The van der Waals surface area contributed by atoms with Crippen LogP contribution in [0.1, 0.15) is 11.5 Å². The Morgan fingerprint density at radius 1 is 1.42 bits per heavy atom. The highest BCUT2D eigenvalue weighted by Gasteiger charge is 2.08. The van der Waals surface area contributed by atoms with Gasteiger partial charge < -0.3 is 4.74 Å². The quantitative estimate of drug-likeness (QED) is 0.678. The molecule has 1 rings (SSSR count). The fourth-order valence-corrected chi connectivity index (χ4v) is 1.06. The summed E-state index contributed by atoms with van der Waals surface area (Å²) in [4.78, 5) is 0. The van der Waals surface area contributed by atoms with Gasteiger partial charge in [-0.15, -0.1) is 0 Å². The Kier molecular flexibility index (Phi) is 3.31. The normalized spacial score (nSPS) is 12.0. The monoisotopic (exact) mass is 161 g/mol. The highest BCUT2D eigenvalue weighted by Crippen LogP contribution is 2.13. The first-order valence-corrected chi connectivity index (χ1v) is 3.82. The molecule has 0 spiro atoms. The van der Waals surface area contributed by atoms with Crippen molar-refractivity contribution >= 4 is 0 Å². The van der Waals surface area contributed by atoms with Crippen LogP contribution in [0.5, 0.6) is 0 Å². The van der Waals surface area contributed by atoms with Gasteiger partial charge in [0.2, 0.25) is 0 Å². The molecule has 1 aromatic rings. The number of rotatable bonds is 3. The molecule has 0 aliphatic rings. The van der Waals surface area contributed by atoms with Gasteiger partial charge in [-0.3, -0.25) is 0 Å². The maximum absolute atomic E-state index is 8.78. The summed E-state index contributed by atoms with van der Waals surface area (Å²) in [6.07, 6.45) is 0. The minimum Gasteiger partial charge on any atom is -0.383 e. The van der Waals surface area contributed by atoms with E-state index >= 15 is 0 Å². The molecule has 0 aromatic heterocycles. The predicted octanol–water partition coefficient (Wildman–Crippen LogP) is 1.94. The summed E-state index contributed by atoms with van der Waals surface area (Å²) in [5, 5.41) is 8.78. The molecule has 12 heavy (non-hydrogen) atoms. The summed E-state index contributed by atoms with van der Waals surface area (Å²) in [6, 6.07) is 11.9. The van der Waals surface area contributed by atoms with Gasteiger partial charge in [0.05, 0.1) is 18.6 Å². The van der Waals surface area contributed by atoms with Crippen molar-refractivity contribution in [3.63, 3.8) is 0 Å². The lowest BCUT2D eigenvalue weighted by Gasteiger charge is -2.06. The van der Waals surface area contributed by atoms with Crippen LogP contribution in [0.25, 0.3) is 0 Å². The summed E-state index contributed by atoms with van der Waals surface area (Å²) in [7, 11) is 1.60. The molecule has 0 aliphatic heterocycles. The second-order valence-electron chi connectivity index (χ2n) is 2.55. The van der Waals surface area contributed by atoms with Gasteiger partial charge in [-0.25, -0.2) is 0 Å². The van der Waals surface area contributed by atoms with Crippen LogP contribution in [0.15, 0.2) is 30.3 Å². The zero-order valence-corrected chi connectivity index (χ0v) is 7.03. The second-order valence-corrected chi connectivity index (χ2v) is 2.55. The molecule has 0 bridgehead atoms. The number of methoxy groups -OCH3 is 1. The molecule has 0 radical (unpaired) electrons. The van der Waals surface area contributed by atoms with Gasteiger partial charge in [0.25, 0.3) is 0 Å². The molecular formula is C10H11NO. The lowest BCUT2D eigenvalue weighted by molar-refractivity contribution is 0.193. The van der Waals surface area contributed by atoms with E-state index in [1.807, 2.05) is 30.3 Å². The maximum Gasteiger partial charge on any atom is 0.0946 e. The third-order valence-corrected chi connectivity index (χ3v) is 1.69. The molecule has 1 aromatic carbocycles. The summed E-state index contributed by atoms with van der Waals surface area (Å²) in [5.74, 6) is -0.142. The van der Waals surface area contributed by atoms with Crippen LogP contribution in [-0.4, -0.2) is 13.7 Å². The first-order valence-electron chi connectivity index (χ1n) is 3.82. The first kappa shape index (κ1) is 8.76. The first-order chi connectivity index (χ1) is 5.88. The van der Waals surface area contributed by atoms with Crippen molar-refractivity contribution < 1.29 is 4.74 Å². The molecular weight excluding hydrogens is 150 g/mol. The van der Waals surface area contributed by atoms with Gasteiger partial charge in [0, 0.05) is 7.11 Å². The highest BCUT2D eigenvalue weighted by molar-refractivity contribution is 5.24. The van der Waals surface area contributed by atoms with Crippen LogP contribution in [-0.2, 0) is 4.74 Å². The Hall–Kier alpha value is -1.33. The topological polar surface area (TPSA) is 33.0 Å². The van der Waals surface area contributed by atoms with E-state index in [-0.39, 0.29) is 5.92 Å². The summed E-state index contributed by atoms with van der Waals surface area (Å²) >= 11 is 0. The number of hydrogen-bond donors (Lipinski definition) is 0. The van der Waals surface area contributed by atoms with Crippen LogP contribution in [0.4, 0.5) is 0 Å². The van der Waals surface area contributed by atoms with E-state index in [2.05, 4.69) is 6.07 Å². The maximum atomic E-state index is 8.78. The fourth-order valence-electron chi connectivity index (χ4n) is 1.06. The lowest BCUT2D eigenvalue weighted by Crippen LogP contribution is -2.03. The minimum atomic E-state index is -0.142. The van der Waals surface area contributed by atoms with E-state index in [1.54, 1.807) is 7.11 Å². The fraction of sp³-hybridized carbons (Fsp3) is 0.300. The molecule has 1 unspecified atom stereocenters. The van der Waals surface area contributed by atoms with Crippen LogP contribution < -0.4 is 0 Å². The Balaban J connectivity index is 2.75. The summed E-state index contributed by atoms with van der Waals surface area (Å²) in [5.41, 5.74) is 1.02. The molecule has 0 amide bonds. The van der Waals surface area contributed by atoms with Gasteiger partial charge in [0.15, 0.2) is 0 Å². The zero-order valence-electron chi connectivity index (χ0n) is 7.03. The predicted molar refractivity (Wildman–Crippen MR) is 46.7 cm³/mol. The molecule has 2 heteroatoms. The second kappa shape index (κ2) is 4.53. The third-order valence-electron chi connectivity index (χ3n) is 1.69. The zero-order chi connectivity index (χ0) is 8.81. The van der Waals surface area contributed by atoms with Crippen molar-refractivity contribution in [1.29, 1.82) is 5.26 Å². The van der Waals surface area contributed by atoms with E-state index in [1.165, 1.54) is 0 Å². The molecule has 2 nitrogen and oxygen atoms in total. The highest BCUT2D eigenvalue weighted by atomic mass is 16.5. The number of nitriles is 1. The minimum absolute atomic E-state index is 0.142. The SMILES string of the molecule is COCC(C#N)c1ccccc1. The van der Waals surface area contributed by atoms with E-state index in [0.29, 0.717) is 6.61 Å². The van der Waals surface area contributed by atoms with Gasteiger partial charge in [-0.1, -0.05) is 30.3 Å².